The summed E-state index contributed by atoms with van der Waals surface area (Å²) in [6.07, 6.45) is 0. The molecule has 1 aliphatic heterocycles. The molecule has 2 rings (SSSR count). The van der Waals surface area contributed by atoms with E-state index in [0.717, 1.165) is 17.6 Å². The van der Waals surface area contributed by atoms with Crippen LogP contribution in [0.15, 0.2) is 16.6 Å². The van der Waals surface area contributed by atoms with Crippen molar-refractivity contribution in [3.63, 3.8) is 0 Å². The van der Waals surface area contributed by atoms with Crippen LogP contribution >= 0.6 is 15.9 Å². The molecule has 1 heterocycles. The molecule has 1 saturated heterocycles. The molecule has 94 valence electrons. The summed E-state index contributed by atoms with van der Waals surface area (Å²) in [5.41, 5.74) is 3.84. The van der Waals surface area contributed by atoms with Crippen molar-refractivity contribution in [3.05, 3.63) is 27.7 Å². The molecule has 1 fully saturated rings. The Morgan fingerprint density at radius 3 is 2.00 bits per heavy atom. The number of benzene rings is 1. The van der Waals surface area contributed by atoms with E-state index >= 15 is 0 Å². The first-order valence-corrected chi connectivity index (χ1v) is 6.42. The lowest BCUT2D eigenvalue weighted by Gasteiger charge is -2.49. The number of hydrogen-bond acceptors (Lipinski definition) is 3. The van der Waals surface area contributed by atoms with Gasteiger partial charge in [0.15, 0.2) is 0 Å². The zero-order chi connectivity index (χ0) is 12.6. The van der Waals surface area contributed by atoms with Crippen LogP contribution < -0.4 is 4.90 Å². The highest BCUT2D eigenvalue weighted by Crippen LogP contribution is 2.36. The minimum atomic E-state index is -0.425. The summed E-state index contributed by atoms with van der Waals surface area (Å²) in [6, 6.07) is 4.28. The van der Waals surface area contributed by atoms with Crippen LogP contribution in [0.25, 0.3) is 0 Å². The van der Waals surface area contributed by atoms with E-state index in [9.17, 15) is 0 Å². The van der Waals surface area contributed by atoms with Gasteiger partial charge in [-0.2, -0.15) is 0 Å². The average Bonchev–Trinajstić information content (AvgIpc) is 2.20. The molecule has 0 aliphatic carbocycles. The van der Waals surface area contributed by atoms with Crippen LogP contribution in [0.2, 0.25) is 0 Å². The Morgan fingerprint density at radius 2 is 1.59 bits per heavy atom. The third-order valence-electron chi connectivity index (χ3n) is 3.38. The molecule has 1 aromatic carbocycles. The van der Waals surface area contributed by atoms with Gasteiger partial charge < -0.3 is 14.4 Å². The predicted molar refractivity (Wildman–Crippen MR) is 72.6 cm³/mol. The summed E-state index contributed by atoms with van der Waals surface area (Å²) in [5.74, 6) is -0.425. The van der Waals surface area contributed by atoms with Gasteiger partial charge in [-0.1, -0.05) is 15.9 Å². The molecule has 3 nitrogen and oxygen atoms in total. The third kappa shape index (κ3) is 2.21. The molecule has 1 aliphatic rings. The fourth-order valence-electron chi connectivity index (χ4n) is 2.44. The van der Waals surface area contributed by atoms with Crippen molar-refractivity contribution in [2.45, 2.75) is 19.6 Å². The Kier molecular flexibility index (Phi) is 3.48. The Hall–Kier alpha value is -0.580. The molecular weight excluding hydrogens is 282 g/mol. The molecule has 0 N–H and O–H groups in total. The van der Waals surface area contributed by atoms with Crippen molar-refractivity contribution in [2.75, 3.05) is 32.2 Å². The Balaban J connectivity index is 2.22. The lowest BCUT2D eigenvalue weighted by atomic mass is 10.0. The average molecular weight is 300 g/mol. The maximum atomic E-state index is 5.40. The van der Waals surface area contributed by atoms with Gasteiger partial charge in [0.05, 0.1) is 13.1 Å². The smallest absolute Gasteiger partial charge is 0.203 e. The standard InChI is InChI=1S/C13H18BrNO2/c1-9-5-11(14)6-10(2)12(9)15-7-13(8-15,16-3)17-4/h5-6H,7-8H2,1-4H3. The van der Waals surface area contributed by atoms with Gasteiger partial charge in [0, 0.05) is 24.4 Å². The summed E-state index contributed by atoms with van der Waals surface area (Å²) >= 11 is 3.52. The van der Waals surface area contributed by atoms with Crippen LogP contribution in [0.4, 0.5) is 5.69 Å². The molecule has 0 aromatic heterocycles. The number of methoxy groups -OCH3 is 2. The number of aryl methyl sites for hydroxylation is 2. The maximum Gasteiger partial charge on any atom is 0.203 e. The minimum Gasteiger partial charge on any atom is -0.360 e. The van der Waals surface area contributed by atoms with E-state index in [-0.39, 0.29) is 0 Å². The highest BCUT2D eigenvalue weighted by molar-refractivity contribution is 9.10. The molecule has 17 heavy (non-hydrogen) atoms. The number of halogens is 1. The van der Waals surface area contributed by atoms with Gasteiger partial charge in [-0.3, -0.25) is 0 Å². The maximum absolute atomic E-state index is 5.40. The molecule has 0 radical (unpaired) electrons. The number of nitrogens with zero attached hydrogens (tertiary/aromatic N) is 1. The van der Waals surface area contributed by atoms with Crippen molar-refractivity contribution in [2.24, 2.45) is 0 Å². The number of rotatable bonds is 3. The highest BCUT2D eigenvalue weighted by Gasteiger charge is 2.44. The molecule has 1 aromatic rings. The number of ether oxygens (including phenoxy) is 2. The van der Waals surface area contributed by atoms with Crippen molar-refractivity contribution >= 4 is 21.6 Å². The zero-order valence-corrected chi connectivity index (χ0v) is 12.3. The van der Waals surface area contributed by atoms with Gasteiger partial charge in [0.2, 0.25) is 5.79 Å². The van der Waals surface area contributed by atoms with E-state index in [2.05, 4.69) is 46.8 Å². The molecular formula is C13H18BrNO2. The van der Waals surface area contributed by atoms with Gasteiger partial charge in [0.25, 0.3) is 0 Å². The monoisotopic (exact) mass is 299 g/mol. The first-order valence-electron chi connectivity index (χ1n) is 5.63. The largest absolute Gasteiger partial charge is 0.360 e. The van der Waals surface area contributed by atoms with Gasteiger partial charge >= 0.3 is 0 Å². The van der Waals surface area contributed by atoms with Crippen LogP contribution in [0.5, 0.6) is 0 Å². The van der Waals surface area contributed by atoms with Crippen molar-refractivity contribution < 1.29 is 9.47 Å². The van der Waals surface area contributed by atoms with Gasteiger partial charge in [-0.25, -0.2) is 0 Å². The SMILES string of the molecule is COC1(OC)CN(c2c(C)cc(Br)cc2C)C1. The molecule has 0 unspecified atom stereocenters. The second-order valence-electron chi connectivity index (χ2n) is 4.56. The van der Waals surface area contributed by atoms with E-state index in [0.29, 0.717) is 0 Å². The number of anilines is 1. The second kappa shape index (κ2) is 4.59. The summed E-state index contributed by atoms with van der Waals surface area (Å²) in [7, 11) is 3.39. The topological polar surface area (TPSA) is 21.7 Å². The van der Waals surface area contributed by atoms with E-state index in [4.69, 9.17) is 9.47 Å². The first-order chi connectivity index (χ1) is 8.01. The molecule has 0 atom stereocenters. The van der Waals surface area contributed by atoms with E-state index in [1.807, 2.05) is 0 Å². The van der Waals surface area contributed by atoms with Crippen LogP contribution in [-0.2, 0) is 9.47 Å². The Bertz CT molecular complexity index is 398. The summed E-state index contributed by atoms with van der Waals surface area (Å²) in [5, 5.41) is 0. The lowest BCUT2D eigenvalue weighted by molar-refractivity contribution is -0.219. The second-order valence-corrected chi connectivity index (χ2v) is 5.48. The Morgan fingerprint density at radius 1 is 1.12 bits per heavy atom. The Labute approximate surface area is 111 Å². The van der Waals surface area contributed by atoms with Gasteiger partial charge in [-0.05, 0) is 37.1 Å². The summed E-state index contributed by atoms with van der Waals surface area (Å²) in [6.45, 7) is 5.83. The van der Waals surface area contributed by atoms with Gasteiger partial charge in [-0.15, -0.1) is 0 Å². The van der Waals surface area contributed by atoms with Crippen LogP contribution in [0.3, 0.4) is 0 Å². The highest BCUT2D eigenvalue weighted by atomic mass is 79.9. The normalized spacial score (nSPS) is 18.1. The van der Waals surface area contributed by atoms with Crippen molar-refractivity contribution in [1.82, 2.24) is 0 Å². The van der Waals surface area contributed by atoms with E-state index < -0.39 is 5.79 Å². The first kappa shape index (κ1) is 12.9. The van der Waals surface area contributed by atoms with E-state index in [1.54, 1.807) is 14.2 Å². The van der Waals surface area contributed by atoms with Crippen LogP contribution in [0, 0.1) is 13.8 Å². The quantitative estimate of drug-likeness (QED) is 0.801. The summed E-state index contributed by atoms with van der Waals surface area (Å²) < 4.78 is 11.9. The molecule has 0 bridgehead atoms. The molecule has 0 saturated carbocycles. The third-order valence-corrected chi connectivity index (χ3v) is 3.84. The summed E-state index contributed by atoms with van der Waals surface area (Å²) in [4.78, 5) is 2.30. The van der Waals surface area contributed by atoms with Crippen LogP contribution in [-0.4, -0.2) is 33.1 Å². The predicted octanol–water partition coefficient (Wildman–Crippen LogP) is 2.88. The van der Waals surface area contributed by atoms with Crippen LogP contribution in [0.1, 0.15) is 11.1 Å². The fraction of sp³-hybridized carbons (Fsp3) is 0.538. The van der Waals surface area contributed by atoms with Crippen molar-refractivity contribution in [3.8, 4) is 0 Å². The van der Waals surface area contributed by atoms with Crippen molar-refractivity contribution in [1.29, 1.82) is 0 Å². The molecule has 4 heteroatoms. The minimum absolute atomic E-state index is 0.425. The van der Waals surface area contributed by atoms with Gasteiger partial charge in [0.1, 0.15) is 0 Å². The number of hydrogen-bond donors (Lipinski definition) is 0. The fourth-order valence-corrected chi connectivity index (χ4v) is 3.12. The van der Waals surface area contributed by atoms with E-state index in [1.165, 1.54) is 16.8 Å². The molecule has 0 amide bonds. The molecule has 0 spiro atoms. The lowest BCUT2D eigenvalue weighted by Crippen LogP contribution is -2.64. The zero-order valence-electron chi connectivity index (χ0n) is 10.7.